The molecule has 0 atom stereocenters. The Balaban J connectivity index is 1.83. The summed E-state index contributed by atoms with van der Waals surface area (Å²) in [6.45, 7) is 8.79. The summed E-state index contributed by atoms with van der Waals surface area (Å²) in [7, 11) is 2.17. The van der Waals surface area contributed by atoms with Gasteiger partial charge in [-0.15, -0.1) is 0 Å². The van der Waals surface area contributed by atoms with Crippen molar-refractivity contribution in [3.63, 3.8) is 0 Å². The Morgan fingerprint density at radius 2 is 1.73 bits per heavy atom. The molecule has 2 nitrogen and oxygen atoms in total. The van der Waals surface area contributed by atoms with Crippen LogP contribution in [0, 0.1) is 0 Å². The predicted molar refractivity (Wildman–Crippen MR) is 91.7 cm³/mol. The number of ether oxygens (including phenoxy) is 1. The van der Waals surface area contributed by atoms with Crippen LogP contribution in [0.1, 0.15) is 37.5 Å². The van der Waals surface area contributed by atoms with E-state index in [9.17, 15) is 0 Å². The zero-order valence-electron chi connectivity index (χ0n) is 14.0. The minimum absolute atomic E-state index is 0.176. The number of hydrogen-bond donors (Lipinski definition) is 0. The minimum atomic E-state index is 0.176. The lowest BCUT2D eigenvalue weighted by atomic mass is 9.87. The van der Waals surface area contributed by atoms with Gasteiger partial charge in [0.2, 0.25) is 0 Å². The van der Waals surface area contributed by atoms with Crippen LogP contribution in [0.4, 0.5) is 0 Å². The number of hydrogen-bond acceptors (Lipinski definition) is 2. The number of rotatable bonds is 2. The molecule has 0 unspecified atom stereocenters. The van der Waals surface area contributed by atoms with Gasteiger partial charge in [-0.1, -0.05) is 45.0 Å². The van der Waals surface area contributed by atoms with Crippen LogP contribution in [0.15, 0.2) is 42.5 Å². The Kier molecular flexibility index (Phi) is 3.96. The van der Waals surface area contributed by atoms with Crippen molar-refractivity contribution >= 4 is 0 Å². The molecule has 0 spiro atoms. The van der Waals surface area contributed by atoms with Gasteiger partial charge in [0.1, 0.15) is 11.5 Å². The van der Waals surface area contributed by atoms with Crippen molar-refractivity contribution in [1.29, 1.82) is 0 Å². The molecule has 0 N–H and O–H groups in total. The average molecular weight is 295 g/mol. The third-order valence-electron chi connectivity index (χ3n) is 4.36. The molecule has 116 valence electrons. The molecule has 1 heterocycles. The molecule has 0 amide bonds. The minimum Gasteiger partial charge on any atom is -0.457 e. The molecule has 0 aliphatic carbocycles. The average Bonchev–Trinajstić information content (AvgIpc) is 2.47. The zero-order chi connectivity index (χ0) is 15.7. The fourth-order valence-electron chi connectivity index (χ4n) is 2.96. The summed E-state index contributed by atoms with van der Waals surface area (Å²) in [5.41, 5.74) is 4.25. The molecule has 0 aromatic heterocycles. The van der Waals surface area contributed by atoms with Crippen molar-refractivity contribution < 1.29 is 4.74 Å². The highest BCUT2D eigenvalue weighted by Crippen LogP contribution is 2.32. The third-order valence-corrected chi connectivity index (χ3v) is 4.36. The van der Waals surface area contributed by atoms with E-state index >= 15 is 0 Å². The summed E-state index contributed by atoms with van der Waals surface area (Å²) >= 11 is 0. The largest absolute Gasteiger partial charge is 0.457 e. The van der Waals surface area contributed by atoms with Gasteiger partial charge in [0.05, 0.1) is 0 Å². The van der Waals surface area contributed by atoms with E-state index in [4.69, 9.17) is 4.74 Å². The van der Waals surface area contributed by atoms with Gasteiger partial charge in [0.25, 0.3) is 0 Å². The number of benzene rings is 2. The molecule has 1 aliphatic heterocycles. The van der Waals surface area contributed by atoms with E-state index in [1.165, 1.54) is 16.7 Å². The molecule has 2 heteroatoms. The van der Waals surface area contributed by atoms with E-state index in [1.54, 1.807) is 0 Å². The van der Waals surface area contributed by atoms with Gasteiger partial charge in [-0.05, 0) is 48.2 Å². The lowest BCUT2D eigenvalue weighted by Crippen LogP contribution is -2.26. The standard InChI is InChI=1S/C20H25NO/c1-20(2,3)16-8-10-17(11-9-16)22-19-7-5-6-15-14-21(4)13-12-18(15)19/h5-11H,12-14H2,1-4H3. The lowest BCUT2D eigenvalue weighted by molar-refractivity contribution is 0.309. The molecular formula is C20H25NO. The summed E-state index contributed by atoms with van der Waals surface area (Å²) in [5.74, 6) is 1.93. The first-order valence-electron chi connectivity index (χ1n) is 8.01. The smallest absolute Gasteiger partial charge is 0.130 e. The van der Waals surface area contributed by atoms with Gasteiger partial charge in [-0.3, -0.25) is 0 Å². The van der Waals surface area contributed by atoms with Crippen LogP contribution in [0.5, 0.6) is 11.5 Å². The highest BCUT2D eigenvalue weighted by atomic mass is 16.5. The van der Waals surface area contributed by atoms with E-state index in [0.29, 0.717) is 0 Å². The van der Waals surface area contributed by atoms with Crippen LogP contribution in [-0.2, 0) is 18.4 Å². The first-order chi connectivity index (χ1) is 10.4. The van der Waals surface area contributed by atoms with E-state index in [2.05, 4.69) is 75.2 Å². The van der Waals surface area contributed by atoms with Crippen LogP contribution in [0.25, 0.3) is 0 Å². The van der Waals surface area contributed by atoms with Gasteiger partial charge in [-0.2, -0.15) is 0 Å². The van der Waals surface area contributed by atoms with Crippen molar-refractivity contribution in [3.8, 4) is 11.5 Å². The molecule has 2 aromatic carbocycles. The van der Waals surface area contributed by atoms with E-state index in [1.807, 2.05) is 0 Å². The van der Waals surface area contributed by atoms with Crippen LogP contribution < -0.4 is 4.74 Å². The molecule has 2 aromatic rings. The number of nitrogens with zero attached hydrogens (tertiary/aromatic N) is 1. The molecular weight excluding hydrogens is 270 g/mol. The monoisotopic (exact) mass is 295 g/mol. The fraction of sp³-hybridized carbons (Fsp3) is 0.400. The van der Waals surface area contributed by atoms with Crippen molar-refractivity contribution in [2.75, 3.05) is 13.6 Å². The lowest BCUT2D eigenvalue weighted by Gasteiger charge is -2.26. The highest BCUT2D eigenvalue weighted by molar-refractivity contribution is 5.44. The maximum absolute atomic E-state index is 6.16. The molecule has 0 fully saturated rings. The van der Waals surface area contributed by atoms with Gasteiger partial charge < -0.3 is 9.64 Å². The van der Waals surface area contributed by atoms with Gasteiger partial charge in [0, 0.05) is 18.7 Å². The normalized spacial score (nSPS) is 15.5. The number of fused-ring (bicyclic) bond motifs is 1. The SMILES string of the molecule is CN1CCc2c(cccc2Oc2ccc(C(C)(C)C)cc2)C1. The summed E-state index contributed by atoms with van der Waals surface area (Å²) in [6.07, 6.45) is 1.06. The summed E-state index contributed by atoms with van der Waals surface area (Å²) in [4.78, 5) is 2.35. The fourth-order valence-corrected chi connectivity index (χ4v) is 2.96. The Bertz CT molecular complexity index is 652. The molecule has 0 radical (unpaired) electrons. The van der Waals surface area contributed by atoms with Gasteiger partial charge in [0.15, 0.2) is 0 Å². The summed E-state index contributed by atoms with van der Waals surface area (Å²) in [6, 6.07) is 14.9. The Morgan fingerprint density at radius 1 is 1.00 bits per heavy atom. The predicted octanol–water partition coefficient (Wildman–Crippen LogP) is 4.76. The second-order valence-corrected chi connectivity index (χ2v) is 7.26. The van der Waals surface area contributed by atoms with Crippen LogP contribution in [0.3, 0.4) is 0 Å². The van der Waals surface area contributed by atoms with Crippen LogP contribution in [-0.4, -0.2) is 18.5 Å². The topological polar surface area (TPSA) is 12.5 Å². The second kappa shape index (κ2) is 5.77. The molecule has 0 saturated carbocycles. The Morgan fingerprint density at radius 3 is 2.41 bits per heavy atom. The quantitative estimate of drug-likeness (QED) is 0.791. The maximum Gasteiger partial charge on any atom is 0.130 e. The second-order valence-electron chi connectivity index (χ2n) is 7.26. The molecule has 22 heavy (non-hydrogen) atoms. The summed E-state index contributed by atoms with van der Waals surface area (Å²) in [5, 5.41) is 0. The van der Waals surface area contributed by atoms with Crippen molar-refractivity contribution in [1.82, 2.24) is 4.90 Å². The van der Waals surface area contributed by atoms with Crippen LogP contribution in [0.2, 0.25) is 0 Å². The van der Waals surface area contributed by atoms with Crippen LogP contribution >= 0.6 is 0 Å². The zero-order valence-corrected chi connectivity index (χ0v) is 14.0. The number of likely N-dealkylation sites (N-methyl/N-ethyl adjacent to an activating group) is 1. The maximum atomic E-state index is 6.16. The van der Waals surface area contributed by atoms with E-state index in [-0.39, 0.29) is 5.41 Å². The molecule has 0 bridgehead atoms. The van der Waals surface area contributed by atoms with Gasteiger partial charge in [-0.25, -0.2) is 0 Å². The molecule has 0 saturated heterocycles. The van der Waals surface area contributed by atoms with Gasteiger partial charge >= 0.3 is 0 Å². The van der Waals surface area contributed by atoms with E-state index in [0.717, 1.165) is 31.0 Å². The first-order valence-corrected chi connectivity index (χ1v) is 8.01. The summed E-state index contributed by atoms with van der Waals surface area (Å²) < 4.78 is 6.16. The van der Waals surface area contributed by atoms with Crippen molar-refractivity contribution in [3.05, 3.63) is 59.2 Å². The Labute approximate surface area is 133 Å². The first kappa shape index (κ1) is 15.1. The Hall–Kier alpha value is -1.80. The molecule has 3 rings (SSSR count). The van der Waals surface area contributed by atoms with Crippen molar-refractivity contribution in [2.45, 2.75) is 39.2 Å². The van der Waals surface area contributed by atoms with Crippen molar-refractivity contribution in [2.24, 2.45) is 0 Å². The highest BCUT2D eigenvalue weighted by Gasteiger charge is 2.18. The van der Waals surface area contributed by atoms with E-state index < -0.39 is 0 Å². The third kappa shape index (κ3) is 3.17. The molecule has 1 aliphatic rings.